The molecule has 2 rings (SSSR count). The van der Waals surface area contributed by atoms with Gasteiger partial charge in [0.25, 0.3) is 0 Å². The van der Waals surface area contributed by atoms with Gasteiger partial charge in [-0.2, -0.15) is 5.10 Å². The van der Waals surface area contributed by atoms with E-state index in [-0.39, 0.29) is 0 Å². The number of hydrogen-bond donors (Lipinski definition) is 1. The van der Waals surface area contributed by atoms with Crippen LogP contribution in [0.4, 0.5) is 0 Å². The van der Waals surface area contributed by atoms with Gasteiger partial charge in [0, 0.05) is 16.9 Å². The number of benzene rings is 1. The van der Waals surface area contributed by atoms with E-state index in [4.69, 9.17) is 0 Å². The molecule has 1 atom stereocenters. The molecule has 0 radical (unpaired) electrons. The lowest BCUT2D eigenvalue weighted by Gasteiger charge is -1.98. The standard InChI is InChI=1S/C10H11BrN2O/c1-6(14)10-8-4-3-7(11)5-9(8)13(2)12-10/h3-6,14H,1-2H3. The quantitative estimate of drug-likeness (QED) is 0.849. The molecular formula is C10H11BrN2O. The van der Waals surface area contributed by atoms with Crippen molar-refractivity contribution in [2.45, 2.75) is 13.0 Å². The number of nitrogens with zero attached hydrogens (tertiary/aromatic N) is 2. The third kappa shape index (κ3) is 1.44. The summed E-state index contributed by atoms with van der Waals surface area (Å²) >= 11 is 3.41. The number of aliphatic hydroxyl groups excluding tert-OH is 1. The van der Waals surface area contributed by atoms with Gasteiger partial charge in [-0.25, -0.2) is 0 Å². The lowest BCUT2D eigenvalue weighted by Crippen LogP contribution is -1.95. The molecule has 0 aliphatic heterocycles. The van der Waals surface area contributed by atoms with Gasteiger partial charge in [0.1, 0.15) is 0 Å². The number of aliphatic hydroxyl groups is 1. The van der Waals surface area contributed by atoms with Crippen molar-refractivity contribution in [2.75, 3.05) is 0 Å². The second-order valence-corrected chi connectivity index (χ2v) is 4.26. The van der Waals surface area contributed by atoms with E-state index < -0.39 is 6.10 Å². The molecule has 1 aromatic heterocycles. The number of hydrogen-bond acceptors (Lipinski definition) is 2. The molecule has 0 saturated heterocycles. The van der Waals surface area contributed by atoms with Crippen LogP contribution in [0.3, 0.4) is 0 Å². The molecule has 0 saturated carbocycles. The fourth-order valence-corrected chi connectivity index (χ4v) is 1.92. The van der Waals surface area contributed by atoms with E-state index in [1.165, 1.54) is 0 Å². The topological polar surface area (TPSA) is 38.1 Å². The minimum Gasteiger partial charge on any atom is -0.387 e. The molecule has 0 aliphatic carbocycles. The lowest BCUT2D eigenvalue weighted by atomic mass is 10.1. The van der Waals surface area contributed by atoms with E-state index in [0.717, 1.165) is 21.1 Å². The van der Waals surface area contributed by atoms with E-state index in [0.29, 0.717) is 0 Å². The Morgan fingerprint density at radius 2 is 2.21 bits per heavy atom. The smallest absolute Gasteiger partial charge is 0.0985 e. The number of aromatic nitrogens is 2. The van der Waals surface area contributed by atoms with Crippen LogP contribution >= 0.6 is 15.9 Å². The summed E-state index contributed by atoms with van der Waals surface area (Å²) < 4.78 is 2.80. The fraction of sp³-hybridized carbons (Fsp3) is 0.300. The summed E-state index contributed by atoms with van der Waals surface area (Å²) in [6.07, 6.45) is -0.528. The molecule has 3 nitrogen and oxygen atoms in total. The number of aryl methyl sites for hydroxylation is 1. The Bertz CT molecular complexity index is 476. The fourth-order valence-electron chi connectivity index (χ4n) is 1.57. The first-order valence-corrected chi connectivity index (χ1v) is 5.19. The van der Waals surface area contributed by atoms with Crippen molar-refractivity contribution in [3.8, 4) is 0 Å². The van der Waals surface area contributed by atoms with Crippen LogP contribution in [0.2, 0.25) is 0 Å². The maximum absolute atomic E-state index is 9.52. The Morgan fingerprint density at radius 3 is 2.86 bits per heavy atom. The maximum atomic E-state index is 9.52. The lowest BCUT2D eigenvalue weighted by molar-refractivity contribution is 0.195. The molecular weight excluding hydrogens is 244 g/mol. The van der Waals surface area contributed by atoms with E-state index in [9.17, 15) is 5.11 Å². The summed E-state index contributed by atoms with van der Waals surface area (Å²) in [6.45, 7) is 1.73. The van der Waals surface area contributed by atoms with Crippen molar-refractivity contribution in [2.24, 2.45) is 7.05 Å². The summed E-state index contributed by atoms with van der Waals surface area (Å²) in [5, 5.41) is 14.8. The first-order chi connectivity index (χ1) is 6.59. The van der Waals surface area contributed by atoms with Crippen LogP contribution in [0.5, 0.6) is 0 Å². The highest BCUT2D eigenvalue weighted by Gasteiger charge is 2.12. The van der Waals surface area contributed by atoms with Crippen molar-refractivity contribution in [3.63, 3.8) is 0 Å². The van der Waals surface area contributed by atoms with Gasteiger partial charge in [0.15, 0.2) is 0 Å². The van der Waals surface area contributed by atoms with Gasteiger partial charge in [0.05, 0.1) is 17.3 Å². The zero-order chi connectivity index (χ0) is 10.3. The molecule has 0 fully saturated rings. The van der Waals surface area contributed by atoms with Gasteiger partial charge in [0.2, 0.25) is 0 Å². The van der Waals surface area contributed by atoms with Crippen LogP contribution < -0.4 is 0 Å². The van der Waals surface area contributed by atoms with Crippen LogP contribution in [0.15, 0.2) is 22.7 Å². The summed E-state index contributed by atoms with van der Waals surface area (Å²) in [4.78, 5) is 0. The molecule has 4 heteroatoms. The predicted octanol–water partition coefficient (Wildman–Crippen LogP) is 2.39. The first-order valence-electron chi connectivity index (χ1n) is 4.40. The highest BCUT2D eigenvalue weighted by atomic mass is 79.9. The zero-order valence-corrected chi connectivity index (χ0v) is 9.62. The average Bonchev–Trinajstić information content (AvgIpc) is 2.44. The molecule has 1 heterocycles. The molecule has 2 aromatic rings. The van der Waals surface area contributed by atoms with Gasteiger partial charge in [-0.1, -0.05) is 15.9 Å². The van der Waals surface area contributed by atoms with Crippen molar-refractivity contribution in [1.82, 2.24) is 9.78 Å². The molecule has 1 unspecified atom stereocenters. The molecule has 0 spiro atoms. The zero-order valence-electron chi connectivity index (χ0n) is 8.03. The second-order valence-electron chi connectivity index (χ2n) is 3.35. The number of halogens is 1. The molecule has 1 aromatic carbocycles. The molecule has 0 aliphatic rings. The van der Waals surface area contributed by atoms with Crippen molar-refractivity contribution in [3.05, 3.63) is 28.4 Å². The van der Waals surface area contributed by atoms with Crippen molar-refractivity contribution < 1.29 is 5.11 Å². The van der Waals surface area contributed by atoms with E-state index in [1.54, 1.807) is 11.6 Å². The molecule has 74 valence electrons. The SMILES string of the molecule is CC(O)c1nn(C)c2cc(Br)ccc12. The Kier molecular flexibility index (Phi) is 2.33. The maximum Gasteiger partial charge on any atom is 0.0985 e. The van der Waals surface area contributed by atoms with Crippen LogP contribution in [-0.4, -0.2) is 14.9 Å². The molecule has 0 amide bonds. The van der Waals surface area contributed by atoms with Gasteiger partial charge in [-0.05, 0) is 25.1 Å². The van der Waals surface area contributed by atoms with Crippen molar-refractivity contribution in [1.29, 1.82) is 0 Å². The third-order valence-corrected chi connectivity index (χ3v) is 2.73. The Hall–Kier alpha value is -0.870. The van der Waals surface area contributed by atoms with Crippen LogP contribution in [0.25, 0.3) is 10.9 Å². The number of fused-ring (bicyclic) bond motifs is 1. The summed E-state index contributed by atoms with van der Waals surface area (Å²) in [5.74, 6) is 0. The molecule has 1 N–H and O–H groups in total. The minimum atomic E-state index is -0.528. The van der Waals surface area contributed by atoms with Gasteiger partial charge in [-0.3, -0.25) is 4.68 Å². The van der Waals surface area contributed by atoms with Crippen molar-refractivity contribution >= 4 is 26.8 Å². The summed E-state index contributed by atoms with van der Waals surface area (Å²) in [7, 11) is 1.88. The van der Waals surface area contributed by atoms with Gasteiger partial charge < -0.3 is 5.11 Å². The third-order valence-electron chi connectivity index (χ3n) is 2.24. The normalized spacial score (nSPS) is 13.4. The van der Waals surface area contributed by atoms with Crippen LogP contribution in [0.1, 0.15) is 18.7 Å². The molecule has 0 bridgehead atoms. The van der Waals surface area contributed by atoms with Crippen LogP contribution in [0, 0.1) is 0 Å². The largest absolute Gasteiger partial charge is 0.387 e. The van der Waals surface area contributed by atoms with Crippen LogP contribution in [-0.2, 0) is 7.05 Å². The van der Waals surface area contributed by atoms with Gasteiger partial charge in [-0.15, -0.1) is 0 Å². The first kappa shape index (κ1) is 9.68. The average molecular weight is 255 g/mol. The summed E-state index contributed by atoms with van der Waals surface area (Å²) in [5.41, 5.74) is 1.75. The van der Waals surface area contributed by atoms with Gasteiger partial charge >= 0.3 is 0 Å². The summed E-state index contributed by atoms with van der Waals surface area (Å²) in [6, 6.07) is 5.92. The Labute approximate surface area is 90.5 Å². The second kappa shape index (κ2) is 3.37. The number of rotatable bonds is 1. The van der Waals surface area contributed by atoms with E-state index in [1.807, 2.05) is 25.2 Å². The van der Waals surface area contributed by atoms with E-state index in [2.05, 4.69) is 21.0 Å². The highest BCUT2D eigenvalue weighted by molar-refractivity contribution is 9.10. The minimum absolute atomic E-state index is 0.528. The highest BCUT2D eigenvalue weighted by Crippen LogP contribution is 2.25. The monoisotopic (exact) mass is 254 g/mol. The molecule has 14 heavy (non-hydrogen) atoms. The van der Waals surface area contributed by atoms with E-state index >= 15 is 0 Å². The Balaban J connectivity index is 2.77. The Morgan fingerprint density at radius 1 is 1.50 bits per heavy atom. The predicted molar refractivity (Wildman–Crippen MR) is 59.0 cm³/mol.